The first-order chi connectivity index (χ1) is 9.38. The number of aryl methyl sites for hydroxylation is 1. The predicted molar refractivity (Wildman–Crippen MR) is 79.3 cm³/mol. The Kier molecular flexibility index (Phi) is 4.17. The summed E-state index contributed by atoms with van der Waals surface area (Å²) in [5, 5.41) is 3.73. The third-order valence-electron chi connectivity index (χ3n) is 4.97. The summed E-state index contributed by atoms with van der Waals surface area (Å²) in [6.45, 7) is 3.43. The average molecular weight is 258 g/mol. The van der Waals surface area contributed by atoms with Crippen LogP contribution < -0.4 is 5.32 Å². The molecule has 2 aliphatic carbocycles. The van der Waals surface area contributed by atoms with Crippen LogP contribution in [0, 0.1) is 5.92 Å². The van der Waals surface area contributed by atoms with E-state index >= 15 is 0 Å². The van der Waals surface area contributed by atoms with Crippen molar-refractivity contribution in [2.45, 2.75) is 63.8 Å². The number of nitrogens with zero attached hydrogens (tertiary/aromatic N) is 1. The highest BCUT2D eigenvalue weighted by molar-refractivity contribution is 5.29. The van der Waals surface area contributed by atoms with Crippen LogP contribution in [0.3, 0.4) is 0 Å². The second-order valence-electron chi connectivity index (χ2n) is 6.27. The molecule has 0 radical (unpaired) electrons. The molecule has 104 valence electrons. The van der Waals surface area contributed by atoms with E-state index in [0.29, 0.717) is 0 Å². The van der Waals surface area contributed by atoms with Crippen LogP contribution in [0.2, 0.25) is 0 Å². The highest BCUT2D eigenvalue weighted by atomic mass is 14.9. The summed E-state index contributed by atoms with van der Waals surface area (Å²) in [6, 6.07) is 5.12. The Morgan fingerprint density at radius 3 is 3.16 bits per heavy atom. The van der Waals surface area contributed by atoms with Gasteiger partial charge in [-0.15, -0.1) is 0 Å². The summed E-state index contributed by atoms with van der Waals surface area (Å²) in [5.74, 6) is 1.60. The van der Waals surface area contributed by atoms with Gasteiger partial charge < -0.3 is 5.32 Å². The molecule has 2 heteroatoms. The molecule has 1 heterocycles. The van der Waals surface area contributed by atoms with Crippen molar-refractivity contribution in [1.82, 2.24) is 10.3 Å². The summed E-state index contributed by atoms with van der Waals surface area (Å²) in [4.78, 5) is 4.68. The van der Waals surface area contributed by atoms with E-state index in [0.717, 1.165) is 17.9 Å². The summed E-state index contributed by atoms with van der Waals surface area (Å²) < 4.78 is 0. The molecule has 2 nitrogen and oxygen atoms in total. The van der Waals surface area contributed by atoms with Crippen LogP contribution in [-0.4, -0.2) is 17.6 Å². The fraction of sp³-hybridized carbons (Fsp3) is 0.706. The van der Waals surface area contributed by atoms with Crippen molar-refractivity contribution in [1.29, 1.82) is 0 Å². The van der Waals surface area contributed by atoms with Gasteiger partial charge in [-0.25, -0.2) is 0 Å². The molecule has 3 unspecified atom stereocenters. The van der Waals surface area contributed by atoms with Gasteiger partial charge in [-0.3, -0.25) is 4.98 Å². The second kappa shape index (κ2) is 6.04. The number of rotatable bonds is 4. The molecule has 1 fully saturated rings. The molecule has 0 amide bonds. The lowest BCUT2D eigenvalue weighted by atomic mass is 9.76. The Labute approximate surface area is 117 Å². The quantitative estimate of drug-likeness (QED) is 0.891. The zero-order valence-corrected chi connectivity index (χ0v) is 12.1. The molecule has 1 aromatic heterocycles. The van der Waals surface area contributed by atoms with Gasteiger partial charge >= 0.3 is 0 Å². The number of pyridine rings is 1. The lowest BCUT2D eigenvalue weighted by Gasteiger charge is -2.33. The van der Waals surface area contributed by atoms with Gasteiger partial charge in [0, 0.05) is 23.9 Å². The zero-order chi connectivity index (χ0) is 13.1. The van der Waals surface area contributed by atoms with Crippen LogP contribution in [0.5, 0.6) is 0 Å². The highest BCUT2D eigenvalue weighted by Gasteiger charge is 2.33. The van der Waals surface area contributed by atoms with Crippen LogP contribution in [0.4, 0.5) is 0 Å². The van der Waals surface area contributed by atoms with Gasteiger partial charge in [0.15, 0.2) is 0 Å². The van der Waals surface area contributed by atoms with E-state index < -0.39 is 0 Å². The van der Waals surface area contributed by atoms with Gasteiger partial charge in [0.05, 0.1) is 0 Å². The van der Waals surface area contributed by atoms with Gasteiger partial charge in [0.25, 0.3) is 0 Å². The maximum Gasteiger partial charge on any atom is 0.0469 e. The Morgan fingerprint density at radius 2 is 2.26 bits per heavy atom. The molecule has 0 saturated heterocycles. The maximum atomic E-state index is 4.68. The third kappa shape index (κ3) is 2.84. The number of aromatic nitrogens is 1. The van der Waals surface area contributed by atoms with Crippen LogP contribution in [0.1, 0.15) is 62.6 Å². The van der Waals surface area contributed by atoms with Crippen molar-refractivity contribution in [2.75, 3.05) is 6.54 Å². The van der Waals surface area contributed by atoms with Crippen molar-refractivity contribution >= 4 is 0 Å². The van der Waals surface area contributed by atoms with Gasteiger partial charge in [0.1, 0.15) is 0 Å². The monoisotopic (exact) mass is 258 g/mol. The Bertz CT molecular complexity index is 415. The van der Waals surface area contributed by atoms with E-state index in [2.05, 4.69) is 29.4 Å². The standard InChI is InChI=1S/C17H26N2/c1-2-10-18-15-7-3-5-14(12-15)16-9-8-13-6-4-11-19-17(13)16/h4,6,11,14-16,18H,2-3,5,7-10,12H2,1H3. The van der Waals surface area contributed by atoms with Crippen LogP contribution >= 0.6 is 0 Å². The van der Waals surface area contributed by atoms with Gasteiger partial charge in [-0.2, -0.15) is 0 Å². The Morgan fingerprint density at radius 1 is 1.32 bits per heavy atom. The average Bonchev–Trinajstić information content (AvgIpc) is 2.89. The maximum absolute atomic E-state index is 4.68. The third-order valence-corrected chi connectivity index (χ3v) is 4.97. The van der Waals surface area contributed by atoms with E-state index in [1.807, 2.05) is 6.20 Å². The van der Waals surface area contributed by atoms with Crippen molar-refractivity contribution in [3.05, 3.63) is 29.6 Å². The first kappa shape index (κ1) is 13.1. The molecule has 0 spiro atoms. The van der Waals surface area contributed by atoms with E-state index in [1.54, 1.807) is 0 Å². The summed E-state index contributed by atoms with van der Waals surface area (Å²) >= 11 is 0. The molecule has 0 bridgehead atoms. The molecule has 1 N–H and O–H groups in total. The molecule has 3 atom stereocenters. The summed E-state index contributed by atoms with van der Waals surface area (Å²) in [6.07, 6.45) is 11.3. The van der Waals surface area contributed by atoms with E-state index in [4.69, 9.17) is 0 Å². The highest BCUT2D eigenvalue weighted by Crippen LogP contribution is 2.43. The number of nitrogens with one attached hydrogen (secondary N) is 1. The summed E-state index contributed by atoms with van der Waals surface area (Å²) in [7, 11) is 0. The van der Waals surface area contributed by atoms with Gasteiger partial charge in [0.2, 0.25) is 0 Å². The van der Waals surface area contributed by atoms with Crippen molar-refractivity contribution < 1.29 is 0 Å². The van der Waals surface area contributed by atoms with Crippen molar-refractivity contribution in [3.8, 4) is 0 Å². The lowest BCUT2D eigenvalue weighted by Crippen LogP contribution is -2.36. The van der Waals surface area contributed by atoms with Crippen molar-refractivity contribution in [2.24, 2.45) is 5.92 Å². The predicted octanol–water partition coefficient (Wildman–Crippen LogP) is 3.67. The minimum absolute atomic E-state index is 0.738. The SMILES string of the molecule is CCCNC1CCCC(C2CCc3cccnc32)C1. The fourth-order valence-corrected chi connectivity index (χ4v) is 4.03. The Hall–Kier alpha value is -0.890. The molecule has 1 saturated carbocycles. The number of hydrogen-bond donors (Lipinski definition) is 1. The van der Waals surface area contributed by atoms with E-state index in [-0.39, 0.29) is 0 Å². The van der Waals surface area contributed by atoms with Crippen LogP contribution in [-0.2, 0) is 6.42 Å². The smallest absolute Gasteiger partial charge is 0.0469 e. The molecular weight excluding hydrogens is 232 g/mol. The van der Waals surface area contributed by atoms with Gasteiger partial charge in [-0.1, -0.05) is 19.4 Å². The molecular formula is C17H26N2. The first-order valence-electron chi connectivity index (χ1n) is 8.05. The first-order valence-corrected chi connectivity index (χ1v) is 8.05. The summed E-state index contributed by atoms with van der Waals surface area (Å²) in [5.41, 5.74) is 2.93. The number of hydrogen-bond acceptors (Lipinski definition) is 2. The minimum atomic E-state index is 0.738. The van der Waals surface area contributed by atoms with Gasteiger partial charge in [-0.05, 0) is 62.6 Å². The van der Waals surface area contributed by atoms with E-state index in [9.17, 15) is 0 Å². The minimum Gasteiger partial charge on any atom is -0.314 e. The van der Waals surface area contributed by atoms with Crippen LogP contribution in [0.15, 0.2) is 18.3 Å². The molecule has 0 aliphatic heterocycles. The number of fused-ring (bicyclic) bond motifs is 1. The second-order valence-corrected chi connectivity index (χ2v) is 6.27. The normalized spacial score (nSPS) is 30.3. The van der Waals surface area contributed by atoms with E-state index in [1.165, 1.54) is 62.7 Å². The molecule has 2 aliphatic rings. The zero-order valence-electron chi connectivity index (χ0n) is 12.1. The largest absolute Gasteiger partial charge is 0.314 e. The van der Waals surface area contributed by atoms with Crippen LogP contribution in [0.25, 0.3) is 0 Å². The molecule has 1 aromatic rings. The molecule has 3 rings (SSSR count). The van der Waals surface area contributed by atoms with Crippen molar-refractivity contribution in [3.63, 3.8) is 0 Å². The Balaban J connectivity index is 1.66. The topological polar surface area (TPSA) is 24.9 Å². The fourth-order valence-electron chi connectivity index (χ4n) is 4.03. The lowest BCUT2D eigenvalue weighted by molar-refractivity contribution is 0.248. The molecule has 19 heavy (non-hydrogen) atoms. The molecule has 0 aromatic carbocycles.